The van der Waals surface area contributed by atoms with E-state index < -0.39 is 0 Å². The van der Waals surface area contributed by atoms with Crippen molar-refractivity contribution in [3.63, 3.8) is 0 Å². The number of aromatic nitrogens is 2. The first-order valence-electron chi connectivity index (χ1n) is 9.21. The molecule has 136 valence electrons. The normalized spacial score (nSPS) is 11.3. The molecule has 2 aromatic carbocycles. The van der Waals surface area contributed by atoms with E-state index >= 15 is 0 Å². The van der Waals surface area contributed by atoms with Gasteiger partial charge in [0.1, 0.15) is 12.4 Å². The van der Waals surface area contributed by atoms with Gasteiger partial charge in [-0.3, -0.25) is 4.79 Å². The van der Waals surface area contributed by atoms with Crippen molar-refractivity contribution in [2.75, 3.05) is 6.54 Å². The number of aryl methyl sites for hydroxylation is 2. The molecule has 0 spiro atoms. The largest absolute Gasteiger partial charge is 0.354 e. The van der Waals surface area contributed by atoms with Gasteiger partial charge in [-0.25, -0.2) is 4.98 Å². The maximum atomic E-state index is 12.5. The Bertz CT molecular complexity index is 910. The lowest BCUT2D eigenvalue weighted by molar-refractivity contribution is -0.121. The first-order chi connectivity index (χ1) is 12.4. The van der Waals surface area contributed by atoms with Gasteiger partial charge in [-0.15, -0.1) is 0 Å². The maximum Gasteiger partial charge on any atom is 0.240 e. The number of amides is 1. The lowest BCUT2D eigenvalue weighted by atomic mass is 10.1. The zero-order valence-electron chi connectivity index (χ0n) is 16.0. The van der Waals surface area contributed by atoms with Crippen LogP contribution in [-0.2, 0) is 17.8 Å². The number of nitrogens with one attached hydrogen (secondary N) is 1. The Balaban J connectivity index is 1.97. The summed E-state index contributed by atoms with van der Waals surface area (Å²) < 4.78 is 2.06. The Hall–Kier alpha value is -2.62. The van der Waals surface area contributed by atoms with Crippen LogP contribution in [0, 0.1) is 19.8 Å². The molecule has 0 atom stereocenters. The summed E-state index contributed by atoms with van der Waals surface area (Å²) in [6.45, 7) is 9.38. The van der Waals surface area contributed by atoms with Gasteiger partial charge in [-0.2, -0.15) is 0 Å². The van der Waals surface area contributed by atoms with E-state index in [-0.39, 0.29) is 5.91 Å². The summed E-state index contributed by atoms with van der Waals surface area (Å²) >= 11 is 0. The molecule has 0 aliphatic rings. The van der Waals surface area contributed by atoms with Crippen LogP contribution in [0.2, 0.25) is 0 Å². The van der Waals surface area contributed by atoms with Gasteiger partial charge in [0.2, 0.25) is 5.91 Å². The van der Waals surface area contributed by atoms with E-state index in [9.17, 15) is 4.79 Å². The van der Waals surface area contributed by atoms with E-state index in [0.717, 1.165) is 16.9 Å². The van der Waals surface area contributed by atoms with Crippen molar-refractivity contribution in [2.24, 2.45) is 5.92 Å². The summed E-state index contributed by atoms with van der Waals surface area (Å²) in [6, 6.07) is 14.5. The SMILES string of the molecule is Cc1cc2nc(Cc3ccccc3)n(CC(=O)NCC(C)C)c2cc1C. The Morgan fingerprint density at radius 2 is 1.81 bits per heavy atom. The second kappa shape index (κ2) is 7.73. The minimum Gasteiger partial charge on any atom is -0.354 e. The van der Waals surface area contributed by atoms with Crippen molar-refractivity contribution in [1.29, 1.82) is 0 Å². The van der Waals surface area contributed by atoms with Crippen LogP contribution in [0.1, 0.15) is 36.4 Å². The number of hydrogen-bond acceptors (Lipinski definition) is 2. The topological polar surface area (TPSA) is 46.9 Å². The van der Waals surface area contributed by atoms with Crippen molar-refractivity contribution < 1.29 is 4.79 Å². The van der Waals surface area contributed by atoms with Crippen LogP contribution in [0.4, 0.5) is 0 Å². The zero-order valence-corrected chi connectivity index (χ0v) is 16.0. The number of hydrogen-bond donors (Lipinski definition) is 1. The number of carbonyl (C=O) groups excluding carboxylic acids is 1. The van der Waals surface area contributed by atoms with Gasteiger partial charge in [0.05, 0.1) is 11.0 Å². The third-order valence-electron chi connectivity index (χ3n) is 4.66. The lowest BCUT2D eigenvalue weighted by Crippen LogP contribution is -2.31. The highest BCUT2D eigenvalue weighted by atomic mass is 16.1. The molecule has 1 N–H and O–H groups in total. The number of nitrogens with zero attached hydrogens (tertiary/aromatic N) is 2. The van der Waals surface area contributed by atoms with Gasteiger partial charge in [0.15, 0.2) is 0 Å². The molecule has 0 saturated carbocycles. The molecule has 0 fully saturated rings. The third-order valence-corrected chi connectivity index (χ3v) is 4.66. The summed E-state index contributed by atoms with van der Waals surface area (Å²) in [5.74, 6) is 1.40. The Morgan fingerprint density at radius 3 is 2.50 bits per heavy atom. The molecule has 1 amide bonds. The van der Waals surface area contributed by atoms with E-state index in [1.165, 1.54) is 16.7 Å². The predicted molar refractivity (Wildman–Crippen MR) is 106 cm³/mol. The smallest absolute Gasteiger partial charge is 0.240 e. The van der Waals surface area contributed by atoms with Crippen LogP contribution in [0.5, 0.6) is 0 Å². The monoisotopic (exact) mass is 349 g/mol. The highest BCUT2D eigenvalue weighted by Gasteiger charge is 2.15. The fourth-order valence-corrected chi connectivity index (χ4v) is 3.04. The molecule has 1 aromatic heterocycles. The molecule has 0 saturated heterocycles. The standard InChI is InChI=1S/C22H27N3O/c1-15(2)13-23-22(26)14-25-20-11-17(4)16(3)10-19(20)24-21(25)12-18-8-6-5-7-9-18/h5-11,15H,12-14H2,1-4H3,(H,23,26). The summed E-state index contributed by atoms with van der Waals surface area (Å²) in [5, 5.41) is 3.01. The molecule has 0 aliphatic carbocycles. The van der Waals surface area contributed by atoms with Crippen LogP contribution in [-0.4, -0.2) is 22.0 Å². The highest BCUT2D eigenvalue weighted by Crippen LogP contribution is 2.22. The van der Waals surface area contributed by atoms with E-state index in [0.29, 0.717) is 25.4 Å². The first kappa shape index (κ1) is 18.2. The van der Waals surface area contributed by atoms with Crippen LogP contribution >= 0.6 is 0 Å². The Morgan fingerprint density at radius 1 is 1.12 bits per heavy atom. The van der Waals surface area contributed by atoms with Crippen molar-refractivity contribution >= 4 is 16.9 Å². The van der Waals surface area contributed by atoms with Gasteiger partial charge in [-0.1, -0.05) is 44.2 Å². The molecule has 4 nitrogen and oxygen atoms in total. The van der Waals surface area contributed by atoms with E-state index in [4.69, 9.17) is 4.98 Å². The second-order valence-electron chi connectivity index (χ2n) is 7.40. The molecule has 0 unspecified atom stereocenters. The van der Waals surface area contributed by atoms with Gasteiger partial charge >= 0.3 is 0 Å². The van der Waals surface area contributed by atoms with Crippen LogP contribution < -0.4 is 5.32 Å². The lowest BCUT2D eigenvalue weighted by Gasteiger charge is -2.12. The van der Waals surface area contributed by atoms with Gasteiger partial charge in [0.25, 0.3) is 0 Å². The second-order valence-corrected chi connectivity index (χ2v) is 7.40. The van der Waals surface area contributed by atoms with Gasteiger partial charge in [-0.05, 0) is 48.6 Å². The van der Waals surface area contributed by atoms with E-state index in [2.05, 4.69) is 61.8 Å². The third kappa shape index (κ3) is 4.13. The molecule has 3 rings (SSSR count). The average Bonchev–Trinajstić information content (AvgIpc) is 2.91. The van der Waals surface area contributed by atoms with Crippen LogP contribution in [0.3, 0.4) is 0 Å². The molecule has 0 radical (unpaired) electrons. The zero-order chi connectivity index (χ0) is 18.7. The summed E-state index contributed by atoms with van der Waals surface area (Å²) in [4.78, 5) is 17.3. The molecule has 1 heterocycles. The fourth-order valence-electron chi connectivity index (χ4n) is 3.04. The molecule has 4 heteroatoms. The van der Waals surface area contributed by atoms with Crippen molar-refractivity contribution in [2.45, 2.75) is 40.7 Å². The summed E-state index contributed by atoms with van der Waals surface area (Å²) in [6.07, 6.45) is 0.713. The summed E-state index contributed by atoms with van der Waals surface area (Å²) in [5.41, 5.74) is 5.61. The minimum atomic E-state index is 0.0329. The van der Waals surface area contributed by atoms with Gasteiger partial charge in [0, 0.05) is 13.0 Å². The number of rotatable bonds is 6. The molecular weight excluding hydrogens is 322 g/mol. The summed E-state index contributed by atoms with van der Waals surface area (Å²) in [7, 11) is 0. The molecule has 26 heavy (non-hydrogen) atoms. The van der Waals surface area contributed by atoms with E-state index in [1.54, 1.807) is 0 Å². The maximum absolute atomic E-state index is 12.5. The minimum absolute atomic E-state index is 0.0329. The fraction of sp³-hybridized carbons (Fsp3) is 0.364. The van der Waals surface area contributed by atoms with Crippen LogP contribution in [0.25, 0.3) is 11.0 Å². The average molecular weight is 349 g/mol. The molecule has 0 bridgehead atoms. The molecule has 0 aliphatic heterocycles. The van der Waals surface area contributed by atoms with Crippen LogP contribution in [0.15, 0.2) is 42.5 Å². The van der Waals surface area contributed by atoms with E-state index in [1.807, 2.05) is 18.2 Å². The van der Waals surface area contributed by atoms with Crippen molar-refractivity contribution in [1.82, 2.24) is 14.9 Å². The molecule has 3 aromatic rings. The first-order valence-corrected chi connectivity index (χ1v) is 9.21. The molecular formula is C22H27N3O. The number of benzene rings is 2. The van der Waals surface area contributed by atoms with Crippen molar-refractivity contribution in [3.05, 3.63) is 65.0 Å². The number of carbonyl (C=O) groups is 1. The quantitative estimate of drug-likeness (QED) is 0.731. The number of imidazole rings is 1. The Kier molecular flexibility index (Phi) is 5.40. The van der Waals surface area contributed by atoms with Crippen molar-refractivity contribution in [3.8, 4) is 0 Å². The number of fused-ring (bicyclic) bond motifs is 1. The Labute approximate surface area is 155 Å². The highest BCUT2D eigenvalue weighted by molar-refractivity contribution is 5.82. The predicted octanol–water partition coefficient (Wildman–Crippen LogP) is 4.02. The van der Waals surface area contributed by atoms with Gasteiger partial charge < -0.3 is 9.88 Å².